The number of aromatic nitrogens is 3. The third-order valence-electron chi connectivity index (χ3n) is 9.80. The lowest BCUT2D eigenvalue weighted by molar-refractivity contribution is -0.133. The minimum absolute atomic E-state index is 0.00721. The van der Waals surface area contributed by atoms with Crippen LogP contribution in [-0.2, 0) is 27.4 Å². The molecule has 1 unspecified atom stereocenters. The number of imide groups is 1. The Bertz CT molecular complexity index is 2120. The predicted molar refractivity (Wildman–Crippen MR) is 200 cm³/mol. The minimum atomic E-state index is -0.638. The SMILES string of the molecule is CC(C)(C)OC(=O)NCc1ccc(-c2ncnn3cc(-c4ccc(CN5CCC(c6ccc(NC7CCC(=O)NC7=O)cc6)CC5)cc4)cc23)cc1F. The molecule has 3 N–H and O–H groups in total. The Labute approximate surface area is 307 Å². The van der Waals surface area contributed by atoms with Crippen LogP contribution in [-0.4, -0.2) is 62.1 Å². The van der Waals surface area contributed by atoms with Crippen molar-refractivity contribution in [3.63, 3.8) is 0 Å². The van der Waals surface area contributed by atoms with Gasteiger partial charge in [-0.15, -0.1) is 0 Å². The monoisotopic (exact) mass is 717 g/mol. The van der Waals surface area contributed by atoms with Gasteiger partial charge in [-0.25, -0.2) is 18.7 Å². The first-order chi connectivity index (χ1) is 25.5. The number of likely N-dealkylation sites (tertiary alicyclic amines) is 1. The van der Waals surface area contributed by atoms with Gasteiger partial charge in [0, 0.05) is 48.1 Å². The molecule has 0 saturated carbocycles. The molecular weight excluding hydrogens is 673 g/mol. The molecule has 11 nitrogen and oxygen atoms in total. The summed E-state index contributed by atoms with van der Waals surface area (Å²) < 4.78 is 22.1. The number of hydrogen-bond donors (Lipinski definition) is 3. The summed E-state index contributed by atoms with van der Waals surface area (Å²) in [7, 11) is 0. The number of ether oxygens (including phenoxy) is 1. The van der Waals surface area contributed by atoms with Crippen LogP contribution in [0.5, 0.6) is 0 Å². The van der Waals surface area contributed by atoms with E-state index in [0.29, 0.717) is 35.6 Å². The molecule has 5 aromatic rings. The summed E-state index contributed by atoms with van der Waals surface area (Å²) in [4.78, 5) is 42.5. The van der Waals surface area contributed by atoms with Crippen LogP contribution in [0.2, 0.25) is 0 Å². The van der Waals surface area contributed by atoms with Crippen molar-refractivity contribution in [3.8, 4) is 22.4 Å². The first kappa shape index (κ1) is 35.8. The molecule has 3 amide bonds. The highest BCUT2D eigenvalue weighted by Gasteiger charge is 2.27. The Balaban J connectivity index is 0.937. The zero-order valence-corrected chi connectivity index (χ0v) is 30.2. The van der Waals surface area contributed by atoms with Crippen LogP contribution in [0.4, 0.5) is 14.9 Å². The fourth-order valence-electron chi connectivity index (χ4n) is 7.00. The molecule has 12 heteroatoms. The smallest absolute Gasteiger partial charge is 0.407 e. The van der Waals surface area contributed by atoms with Crippen molar-refractivity contribution >= 4 is 29.1 Å². The van der Waals surface area contributed by atoms with Crippen LogP contribution >= 0.6 is 0 Å². The van der Waals surface area contributed by atoms with Gasteiger partial charge in [0.25, 0.3) is 0 Å². The summed E-state index contributed by atoms with van der Waals surface area (Å²) in [6.45, 7) is 8.23. The van der Waals surface area contributed by atoms with Crippen LogP contribution < -0.4 is 16.0 Å². The topological polar surface area (TPSA) is 130 Å². The van der Waals surface area contributed by atoms with E-state index in [1.807, 2.05) is 24.4 Å². The zero-order valence-electron chi connectivity index (χ0n) is 30.2. The molecule has 2 aromatic heterocycles. The highest BCUT2D eigenvalue weighted by Crippen LogP contribution is 2.32. The Hall–Kier alpha value is -5.62. The average molecular weight is 718 g/mol. The van der Waals surface area contributed by atoms with E-state index in [0.717, 1.165) is 54.8 Å². The predicted octanol–water partition coefficient (Wildman–Crippen LogP) is 6.82. The Morgan fingerprint density at radius 1 is 0.943 bits per heavy atom. The van der Waals surface area contributed by atoms with Crippen LogP contribution in [0.3, 0.4) is 0 Å². The number of carbonyl (C=O) groups is 3. The summed E-state index contributed by atoms with van der Waals surface area (Å²) in [5.74, 6) is -0.430. The van der Waals surface area contributed by atoms with Gasteiger partial charge >= 0.3 is 6.09 Å². The van der Waals surface area contributed by atoms with Crippen LogP contribution in [0.1, 0.15) is 69.1 Å². The van der Waals surface area contributed by atoms with E-state index in [1.165, 1.54) is 23.5 Å². The van der Waals surface area contributed by atoms with Gasteiger partial charge in [-0.05, 0) is 100.0 Å². The zero-order chi connectivity index (χ0) is 37.1. The first-order valence-corrected chi connectivity index (χ1v) is 18.1. The number of anilines is 1. The van der Waals surface area contributed by atoms with Crippen molar-refractivity contribution in [1.29, 1.82) is 0 Å². The molecule has 2 saturated heterocycles. The van der Waals surface area contributed by atoms with Gasteiger partial charge in [0.1, 0.15) is 23.8 Å². The second kappa shape index (κ2) is 15.2. The maximum atomic E-state index is 15.1. The standard InChI is InChI=1S/C41H44FN7O4/c1-41(2,3)53-40(52)43-22-31-9-8-30(20-34(31)42)38-36-21-32(24-49(36)45-25-44-38)28-6-4-26(5-7-28)23-48-18-16-29(17-19-48)27-10-12-33(13-11-27)46-35-14-15-37(50)47-39(35)51/h4-13,20-21,24-25,29,35,46H,14-19,22-23H2,1-3H3,(H,43,52)(H,47,50,51). The molecule has 1 atom stereocenters. The fourth-order valence-corrected chi connectivity index (χ4v) is 7.00. The average Bonchev–Trinajstić information content (AvgIpc) is 3.57. The Morgan fingerprint density at radius 3 is 2.38 bits per heavy atom. The van der Waals surface area contributed by atoms with Crippen molar-refractivity contribution in [2.75, 3.05) is 18.4 Å². The van der Waals surface area contributed by atoms with Gasteiger partial charge in [-0.3, -0.25) is 19.8 Å². The van der Waals surface area contributed by atoms with Crippen LogP contribution in [0.15, 0.2) is 85.3 Å². The Morgan fingerprint density at radius 2 is 1.68 bits per heavy atom. The van der Waals surface area contributed by atoms with Gasteiger partial charge in [0.05, 0.1) is 11.2 Å². The fraction of sp³-hybridized carbons (Fsp3) is 0.341. The van der Waals surface area contributed by atoms with E-state index >= 15 is 4.39 Å². The van der Waals surface area contributed by atoms with Gasteiger partial charge in [0.15, 0.2) is 0 Å². The highest BCUT2D eigenvalue weighted by atomic mass is 19.1. The van der Waals surface area contributed by atoms with Crippen molar-refractivity contribution in [2.24, 2.45) is 0 Å². The van der Waals surface area contributed by atoms with Gasteiger partial charge in [0.2, 0.25) is 11.8 Å². The summed E-state index contributed by atoms with van der Waals surface area (Å²) in [6.07, 6.45) is 5.83. The number of carbonyl (C=O) groups excluding carboxylic acids is 3. The van der Waals surface area contributed by atoms with Crippen LogP contribution in [0, 0.1) is 5.82 Å². The molecule has 0 radical (unpaired) electrons. The van der Waals surface area contributed by atoms with E-state index in [9.17, 15) is 14.4 Å². The number of piperidine rings is 2. The number of nitrogens with one attached hydrogen (secondary N) is 3. The normalized spacial score (nSPS) is 17.1. The van der Waals surface area contributed by atoms with Crippen LogP contribution in [0.25, 0.3) is 27.9 Å². The number of amides is 3. The first-order valence-electron chi connectivity index (χ1n) is 18.1. The summed E-state index contributed by atoms with van der Waals surface area (Å²) >= 11 is 0. The molecule has 2 aliphatic heterocycles. The molecule has 2 aliphatic rings. The maximum absolute atomic E-state index is 15.1. The minimum Gasteiger partial charge on any atom is -0.444 e. The number of nitrogens with zero attached hydrogens (tertiary/aromatic N) is 4. The molecule has 7 rings (SSSR count). The maximum Gasteiger partial charge on any atom is 0.407 e. The van der Waals surface area contributed by atoms with Gasteiger partial charge < -0.3 is 15.4 Å². The third-order valence-corrected chi connectivity index (χ3v) is 9.80. The van der Waals surface area contributed by atoms with E-state index in [4.69, 9.17) is 4.74 Å². The highest BCUT2D eigenvalue weighted by molar-refractivity contribution is 6.01. The van der Waals surface area contributed by atoms with E-state index in [-0.39, 0.29) is 24.4 Å². The lowest BCUT2D eigenvalue weighted by Gasteiger charge is -2.32. The quantitative estimate of drug-likeness (QED) is 0.142. The van der Waals surface area contributed by atoms with Crippen molar-refractivity contribution in [1.82, 2.24) is 30.1 Å². The lowest BCUT2D eigenvalue weighted by Crippen LogP contribution is -2.47. The number of rotatable bonds is 9. The van der Waals surface area contributed by atoms with Gasteiger partial charge in [-0.1, -0.05) is 48.5 Å². The molecule has 53 heavy (non-hydrogen) atoms. The molecule has 0 aliphatic carbocycles. The van der Waals surface area contributed by atoms with Crippen molar-refractivity contribution < 1.29 is 23.5 Å². The van der Waals surface area contributed by atoms with E-state index in [2.05, 4.69) is 67.3 Å². The molecule has 3 aromatic carbocycles. The molecule has 0 bridgehead atoms. The molecular formula is C41H44FN7O4. The molecule has 274 valence electrons. The molecule has 4 heterocycles. The lowest BCUT2D eigenvalue weighted by atomic mass is 9.89. The summed E-state index contributed by atoms with van der Waals surface area (Å²) in [5, 5.41) is 12.7. The number of alkyl carbamates (subject to hydrolysis) is 1. The third kappa shape index (κ3) is 8.72. The molecule has 0 spiro atoms. The van der Waals surface area contributed by atoms with Gasteiger partial charge in [-0.2, -0.15) is 5.10 Å². The number of halogens is 1. The summed E-state index contributed by atoms with van der Waals surface area (Å²) in [5.41, 5.74) is 7.16. The molecule has 2 fully saturated rings. The number of benzene rings is 3. The van der Waals surface area contributed by atoms with E-state index in [1.54, 1.807) is 37.4 Å². The summed E-state index contributed by atoms with van der Waals surface area (Å²) in [6, 6.07) is 23.5. The largest absolute Gasteiger partial charge is 0.444 e. The Kier molecular flexibility index (Phi) is 10.2. The second-order valence-corrected chi connectivity index (χ2v) is 14.8. The number of hydrogen-bond acceptors (Lipinski definition) is 8. The van der Waals surface area contributed by atoms with E-state index < -0.39 is 17.5 Å². The van der Waals surface area contributed by atoms with Crippen molar-refractivity contribution in [2.45, 2.75) is 77.1 Å². The number of fused-ring (bicyclic) bond motifs is 1. The second-order valence-electron chi connectivity index (χ2n) is 14.8. The van der Waals surface area contributed by atoms with Crippen molar-refractivity contribution in [3.05, 3.63) is 108 Å².